The van der Waals surface area contributed by atoms with Gasteiger partial charge in [-0.2, -0.15) is 0 Å². The number of Topliss-reactive ketones (excluding diaryl/α,β-unsaturated/α-hetero) is 1. The molecular weight excluding hydrogens is 374 g/mol. The van der Waals surface area contributed by atoms with E-state index < -0.39 is 18.4 Å². The van der Waals surface area contributed by atoms with E-state index in [2.05, 4.69) is 12.2 Å². The van der Waals surface area contributed by atoms with Gasteiger partial charge in [0.2, 0.25) is 5.91 Å². The summed E-state index contributed by atoms with van der Waals surface area (Å²) in [5.74, 6) is -1.17. The van der Waals surface area contributed by atoms with Crippen LogP contribution in [0.4, 0.5) is 5.69 Å². The molecule has 0 spiro atoms. The first kappa shape index (κ1) is 21.9. The van der Waals surface area contributed by atoms with Crippen LogP contribution in [-0.4, -0.2) is 36.5 Å². The van der Waals surface area contributed by atoms with Crippen LogP contribution in [0.25, 0.3) is 0 Å². The first-order valence-electron chi connectivity index (χ1n) is 9.41. The number of hydrogen-bond acceptors (Lipinski definition) is 6. The van der Waals surface area contributed by atoms with Crippen LogP contribution >= 0.6 is 0 Å². The Morgan fingerprint density at radius 3 is 2.38 bits per heavy atom. The van der Waals surface area contributed by atoms with Gasteiger partial charge in [-0.3, -0.25) is 9.59 Å². The summed E-state index contributed by atoms with van der Waals surface area (Å²) >= 11 is 0. The van der Waals surface area contributed by atoms with Gasteiger partial charge < -0.3 is 19.9 Å². The predicted octanol–water partition coefficient (Wildman–Crippen LogP) is 3.96. The summed E-state index contributed by atoms with van der Waals surface area (Å²) in [5, 5.41) is 12.6. The molecule has 1 amide bonds. The zero-order chi connectivity index (χ0) is 21.2. The van der Waals surface area contributed by atoms with Gasteiger partial charge in [-0.05, 0) is 42.8 Å². The van der Waals surface area contributed by atoms with E-state index in [-0.39, 0.29) is 17.2 Å². The normalized spacial score (nSPS) is 10.3. The topological polar surface area (TPSA) is 102 Å². The van der Waals surface area contributed by atoms with Gasteiger partial charge in [-0.25, -0.2) is 4.79 Å². The Labute approximate surface area is 169 Å². The Bertz CT molecular complexity index is 860. The van der Waals surface area contributed by atoms with Gasteiger partial charge in [0.25, 0.3) is 0 Å². The zero-order valence-electron chi connectivity index (χ0n) is 16.6. The summed E-state index contributed by atoms with van der Waals surface area (Å²) in [6.45, 7) is 1.61. The largest absolute Gasteiger partial charge is 0.507 e. The number of phenols is 1. The molecule has 0 fully saturated rings. The van der Waals surface area contributed by atoms with Crippen molar-refractivity contribution in [1.29, 1.82) is 0 Å². The van der Waals surface area contributed by atoms with E-state index in [1.165, 1.54) is 25.3 Å². The molecule has 0 aromatic heterocycles. The number of methoxy groups -OCH3 is 1. The molecule has 29 heavy (non-hydrogen) atoms. The number of amides is 1. The smallest absolute Gasteiger partial charge is 0.342 e. The summed E-state index contributed by atoms with van der Waals surface area (Å²) in [4.78, 5) is 36.1. The van der Waals surface area contributed by atoms with Crippen LogP contribution in [0.5, 0.6) is 11.5 Å². The summed E-state index contributed by atoms with van der Waals surface area (Å²) in [7, 11) is 1.44. The molecule has 0 bridgehead atoms. The maximum atomic E-state index is 12.2. The number of phenolic OH excluding ortho intramolecular Hbond substituents is 1. The van der Waals surface area contributed by atoms with Crippen molar-refractivity contribution in [2.45, 2.75) is 32.6 Å². The fourth-order valence-corrected chi connectivity index (χ4v) is 2.60. The lowest BCUT2D eigenvalue weighted by atomic mass is 10.1. The third kappa shape index (κ3) is 6.64. The zero-order valence-corrected chi connectivity index (χ0v) is 16.6. The molecule has 2 rings (SSSR count). The molecule has 0 aliphatic carbocycles. The number of hydrogen-bond donors (Lipinski definition) is 2. The number of carbonyl (C=O) groups is 3. The van der Waals surface area contributed by atoms with E-state index in [4.69, 9.17) is 9.47 Å². The van der Waals surface area contributed by atoms with Crippen molar-refractivity contribution in [2.24, 2.45) is 0 Å². The molecule has 0 saturated heterocycles. The quantitative estimate of drug-likeness (QED) is 0.356. The molecule has 0 saturated carbocycles. The minimum atomic E-state index is -0.811. The fraction of sp³-hybridized carbons (Fsp3) is 0.318. The third-order valence-electron chi connectivity index (χ3n) is 4.26. The van der Waals surface area contributed by atoms with Gasteiger partial charge in [0.15, 0.2) is 12.4 Å². The van der Waals surface area contributed by atoms with Crippen LogP contribution in [0.2, 0.25) is 0 Å². The first-order chi connectivity index (χ1) is 13.9. The number of nitrogens with one attached hydrogen (secondary N) is 1. The van der Waals surface area contributed by atoms with Crippen molar-refractivity contribution in [3.8, 4) is 11.5 Å². The molecule has 0 atom stereocenters. The van der Waals surface area contributed by atoms with Crippen molar-refractivity contribution < 1.29 is 29.0 Å². The molecule has 2 aromatic rings. The van der Waals surface area contributed by atoms with E-state index in [9.17, 15) is 19.5 Å². The maximum absolute atomic E-state index is 12.2. The van der Waals surface area contributed by atoms with Gasteiger partial charge in [0.05, 0.1) is 7.11 Å². The first-order valence-corrected chi connectivity index (χ1v) is 9.41. The summed E-state index contributed by atoms with van der Waals surface area (Å²) < 4.78 is 9.94. The molecule has 7 nitrogen and oxygen atoms in total. The van der Waals surface area contributed by atoms with Crippen LogP contribution in [0.3, 0.4) is 0 Å². The Hall–Kier alpha value is -3.35. The highest BCUT2D eigenvalue weighted by Crippen LogP contribution is 2.24. The molecule has 0 radical (unpaired) electrons. The Kier molecular flexibility index (Phi) is 8.21. The van der Waals surface area contributed by atoms with E-state index >= 15 is 0 Å². The molecule has 0 aliphatic heterocycles. The van der Waals surface area contributed by atoms with Gasteiger partial charge >= 0.3 is 5.97 Å². The number of aromatic hydroxyl groups is 1. The van der Waals surface area contributed by atoms with Crippen LogP contribution < -0.4 is 10.1 Å². The standard InChI is InChI=1S/C22H25NO6/c1-3-4-5-6-21(26)23-16-9-7-15(8-10-16)20(25)14-29-22(27)18-12-11-17(28-2)13-19(18)24/h7-13,24H,3-6,14H2,1-2H3,(H,23,26). The van der Waals surface area contributed by atoms with Crippen LogP contribution in [0.15, 0.2) is 42.5 Å². The Balaban J connectivity index is 1.87. The lowest BCUT2D eigenvalue weighted by Crippen LogP contribution is -2.15. The van der Waals surface area contributed by atoms with Crippen molar-refractivity contribution in [3.05, 3.63) is 53.6 Å². The Morgan fingerprint density at radius 1 is 1.03 bits per heavy atom. The number of anilines is 1. The predicted molar refractivity (Wildman–Crippen MR) is 108 cm³/mol. The van der Waals surface area contributed by atoms with Crippen molar-refractivity contribution >= 4 is 23.3 Å². The molecule has 0 heterocycles. The summed E-state index contributed by atoms with van der Waals surface area (Å²) in [6, 6.07) is 10.5. The number of esters is 1. The number of rotatable bonds is 10. The second-order valence-corrected chi connectivity index (χ2v) is 6.47. The number of ether oxygens (including phenoxy) is 2. The summed E-state index contributed by atoms with van der Waals surface area (Å²) in [5.41, 5.74) is 0.892. The lowest BCUT2D eigenvalue weighted by molar-refractivity contribution is -0.116. The molecule has 0 aliphatic rings. The summed E-state index contributed by atoms with van der Waals surface area (Å²) in [6.07, 6.45) is 3.36. The SMILES string of the molecule is CCCCCC(=O)Nc1ccc(C(=O)COC(=O)c2ccc(OC)cc2O)cc1. The average molecular weight is 399 g/mol. The van der Waals surface area contributed by atoms with E-state index in [0.717, 1.165) is 19.3 Å². The number of carbonyl (C=O) groups excluding carboxylic acids is 3. The molecule has 2 N–H and O–H groups in total. The minimum Gasteiger partial charge on any atom is -0.507 e. The van der Waals surface area contributed by atoms with Gasteiger partial charge in [-0.1, -0.05) is 19.8 Å². The monoisotopic (exact) mass is 399 g/mol. The molecule has 7 heteroatoms. The maximum Gasteiger partial charge on any atom is 0.342 e. The number of unbranched alkanes of at least 4 members (excludes halogenated alkanes) is 2. The van der Waals surface area contributed by atoms with Gasteiger partial charge in [0, 0.05) is 23.7 Å². The van der Waals surface area contributed by atoms with Crippen molar-refractivity contribution in [2.75, 3.05) is 19.0 Å². The highest BCUT2D eigenvalue weighted by molar-refractivity contribution is 6.00. The van der Waals surface area contributed by atoms with Gasteiger partial charge in [-0.15, -0.1) is 0 Å². The fourth-order valence-electron chi connectivity index (χ4n) is 2.60. The lowest BCUT2D eigenvalue weighted by Gasteiger charge is -2.08. The van der Waals surface area contributed by atoms with Crippen LogP contribution in [0, 0.1) is 0 Å². The Morgan fingerprint density at radius 2 is 1.76 bits per heavy atom. The third-order valence-corrected chi connectivity index (χ3v) is 4.26. The van der Waals surface area contributed by atoms with E-state index in [0.29, 0.717) is 23.4 Å². The number of benzene rings is 2. The molecule has 0 unspecified atom stereocenters. The highest BCUT2D eigenvalue weighted by atomic mass is 16.5. The van der Waals surface area contributed by atoms with E-state index in [1.807, 2.05) is 0 Å². The minimum absolute atomic E-state index is 0.0558. The van der Waals surface area contributed by atoms with E-state index in [1.54, 1.807) is 24.3 Å². The molecule has 2 aromatic carbocycles. The van der Waals surface area contributed by atoms with Gasteiger partial charge in [0.1, 0.15) is 17.1 Å². The van der Waals surface area contributed by atoms with Crippen LogP contribution in [0.1, 0.15) is 53.3 Å². The molecule has 154 valence electrons. The van der Waals surface area contributed by atoms with Crippen molar-refractivity contribution in [3.63, 3.8) is 0 Å². The second-order valence-electron chi connectivity index (χ2n) is 6.47. The number of ketones is 1. The van der Waals surface area contributed by atoms with Crippen molar-refractivity contribution in [1.82, 2.24) is 0 Å². The second kappa shape index (κ2) is 10.8. The molecular formula is C22H25NO6. The average Bonchev–Trinajstić information content (AvgIpc) is 2.72. The van der Waals surface area contributed by atoms with Crippen LogP contribution in [-0.2, 0) is 9.53 Å². The highest BCUT2D eigenvalue weighted by Gasteiger charge is 2.16.